The first-order valence-corrected chi connectivity index (χ1v) is 15.1. The Labute approximate surface area is 219 Å². The standard InChI is InChI=1S/C24H26Cl2N2O3S3/c1-3-16(12-23-27(4-2)19-14-17(25)6-8-21(19)32-23)13-24-28(10-5-11-34(29,30)31)20-15-18(26)7-9-22(20)33-24/h6-9,12-15,23H,3-5,10-11H2,1-2H3,(H,29,30,31)/b16-12+,24-13-. The lowest BCUT2D eigenvalue weighted by Gasteiger charge is -2.24. The largest absolute Gasteiger partial charge is 0.355 e. The lowest BCUT2D eigenvalue weighted by molar-refractivity contribution is 0.481. The molecule has 10 heteroatoms. The van der Waals surface area contributed by atoms with Crippen LogP contribution in [0.5, 0.6) is 0 Å². The van der Waals surface area contributed by atoms with Gasteiger partial charge in [0.15, 0.2) is 0 Å². The number of thioether (sulfide) groups is 2. The Morgan fingerprint density at radius 2 is 1.76 bits per heavy atom. The zero-order chi connectivity index (χ0) is 24.5. The number of fused-ring (bicyclic) bond motifs is 2. The monoisotopic (exact) mass is 556 g/mol. The number of hydrogen-bond acceptors (Lipinski definition) is 6. The summed E-state index contributed by atoms with van der Waals surface area (Å²) in [6.07, 6.45) is 5.64. The number of hydrogen-bond donors (Lipinski definition) is 1. The SMILES string of the molecule is CCC(/C=C1\Sc2ccc(Cl)cc2N1CCCS(=O)(=O)O)=C\C1Sc2ccc(Cl)cc2N1CC. The van der Waals surface area contributed by atoms with Gasteiger partial charge in [0.2, 0.25) is 0 Å². The third kappa shape index (κ3) is 5.91. The van der Waals surface area contributed by atoms with Crippen molar-refractivity contribution < 1.29 is 13.0 Å². The molecule has 2 aliphatic heterocycles. The van der Waals surface area contributed by atoms with E-state index in [0.29, 0.717) is 18.0 Å². The van der Waals surface area contributed by atoms with Crippen LogP contribution in [0.1, 0.15) is 26.7 Å². The molecule has 0 radical (unpaired) electrons. The third-order valence-corrected chi connectivity index (χ3v) is 9.29. The summed E-state index contributed by atoms with van der Waals surface area (Å²) in [6.45, 7) is 5.61. The molecule has 1 unspecified atom stereocenters. The Balaban J connectivity index is 1.62. The second-order valence-corrected chi connectivity index (χ2v) is 12.7. The lowest BCUT2D eigenvalue weighted by atomic mass is 10.1. The highest BCUT2D eigenvalue weighted by Gasteiger charge is 2.29. The Kier molecular flexibility index (Phi) is 8.17. The van der Waals surface area contributed by atoms with Gasteiger partial charge < -0.3 is 9.80 Å². The molecule has 0 bridgehead atoms. The number of likely N-dealkylation sites (N-methyl/N-ethyl adjacent to an activating group) is 1. The van der Waals surface area contributed by atoms with E-state index in [9.17, 15) is 8.42 Å². The molecular formula is C24H26Cl2N2O3S3. The van der Waals surface area contributed by atoms with Gasteiger partial charge in [0.1, 0.15) is 0 Å². The van der Waals surface area contributed by atoms with Gasteiger partial charge in [0.05, 0.1) is 27.5 Å². The van der Waals surface area contributed by atoms with Crippen molar-refractivity contribution in [2.45, 2.75) is 41.9 Å². The van der Waals surface area contributed by atoms with Gasteiger partial charge in [-0.1, -0.05) is 53.6 Å². The molecule has 0 saturated carbocycles. The van der Waals surface area contributed by atoms with Crippen LogP contribution in [0.25, 0.3) is 0 Å². The van der Waals surface area contributed by atoms with Crippen molar-refractivity contribution in [2.75, 3.05) is 28.6 Å². The Hall–Kier alpha value is -1.29. The Morgan fingerprint density at radius 3 is 2.41 bits per heavy atom. The van der Waals surface area contributed by atoms with E-state index in [1.165, 1.54) is 10.5 Å². The van der Waals surface area contributed by atoms with Crippen LogP contribution in [0, 0.1) is 0 Å². The predicted octanol–water partition coefficient (Wildman–Crippen LogP) is 7.32. The number of allylic oxidation sites excluding steroid dienone is 2. The molecule has 0 spiro atoms. The Bertz CT molecular complexity index is 1250. The van der Waals surface area contributed by atoms with Crippen molar-refractivity contribution in [1.82, 2.24) is 0 Å². The average Bonchev–Trinajstić information content (AvgIpc) is 3.29. The van der Waals surface area contributed by atoms with Crippen molar-refractivity contribution in [3.63, 3.8) is 0 Å². The van der Waals surface area contributed by atoms with Crippen molar-refractivity contribution in [1.29, 1.82) is 0 Å². The van der Waals surface area contributed by atoms with Gasteiger partial charge in [0.25, 0.3) is 10.1 Å². The van der Waals surface area contributed by atoms with E-state index in [2.05, 4.69) is 41.9 Å². The van der Waals surface area contributed by atoms with Crippen LogP contribution >= 0.6 is 46.7 Å². The quantitative estimate of drug-likeness (QED) is 0.341. The molecule has 34 heavy (non-hydrogen) atoms. The first-order chi connectivity index (χ1) is 16.2. The summed E-state index contributed by atoms with van der Waals surface area (Å²) in [7, 11) is -4.01. The van der Waals surface area contributed by atoms with Crippen molar-refractivity contribution in [3.05, 3.63) is 69.2 Å². The van der Waals surface area contributed by atoms with Gasteiger partial charge in [-0.05, 0) is 73.9 Å². The van der Waals surface area contributed by atoms with E-state index in [-0.39, 0.29) is 11.1 Å². The molecule has 2 aliphatic rings. The second-order valence-electron chi connectivity index (χ2n) is 7.99. The fourth-order valence-corrected chi connectivity index (χ4v) is 7.36. The summed E-state index contributed by atoms with van der Waals surface area (Å²) in [4.78, 5) is 6.74. The summed E-state index contributed by atoms with van der Waals surface area (Å²) in [5.74, 6) is -0.279. The fraction of sp³-hybridized carbons (Fsp3) is 0.333. The van der Waals surface area contributed by atoms with Crippen molar-refractivity contribution >= 4 is 68.2 Å². The smallest absolute Gasteiger partial charge is 0.264 e. The molecule has 182 valence electrons. The molecule has 0 aromatic heterocycles. The van der Waals surface area contributed by atoms with Crippen LogP contribution < -0.4 is 9.80 Å². The molecule has 2 heterocycles. The summed E-state index contributed by atoms with van der Waals surface area (Å²) in [5, 5.41) is 2.55. The highest BCUT2D eigenvalue weighted by Crippen LogP contribution is 2.48. The second kappa shape index (κ2) is 10.8. The zero-order valence-electron chi connectivity index (χ0n) is 18.9. The van der Waals surface area contributed by atoms with Gasteiger partial charge in [0, 0.05) is 32.9 Å². The average molecular weight is 558 g/mol. The minimum atomic E-state index is -4.01. The van der Waals surface area contributed by atoms with E-state index >= 15 is 0 Å². The molecule has 5 nitrogen and oxygen atoms in total. The molecule has 0 amide bonds. The van der Waals surface area contributed by atoms with E-state index in [0.717, 1.165) is 39.3 Å². The zero-order valence-corrected chi connectivity index (χ0v) is 22.8. The molecule has 0 saturated heterocycles. The van der Waals surface area contributed by atoms with Crippen LogP contribution in [-0.2, 0) is 10.1 Å². The molecule has 1 atom stereocenters. The molecule has 0 fully saturated rings. The van der Waals surface area contributed by atoms with Crippen LogP contribution in [0.4, 0.5) is 11.4 Å². The van der Waals surface area contributed by atoms with Crippen LogP contribution in [0.15, 0.2) is 68.9 Å². The van der Waals surface area contributed by atoms with Crippen LogP contribution in [-0.4, -0.2) is 37.2 Å². The van der Waals surface area contributed by atoms with E-state index < -0.39 is 10.1 Å². The molecule has 4 rings (SSSR count). The molecule has 2 aromatic carbocycles. The lowest BCUT2D eigenvalue weighted by Crippen LogP contribution is -2.27. The van der Waals surface area contributed by atoms with Gasteiger partial charge >= 0.3 is 0 Å². The molecule has 0 aliphatic carbocycles. The summed E-state index contributed by atoms with van der Waals surface area (Å²) in [6, 6.07) is 11.8. The number of anilines is 2. The maximum Gasteiger partial charge on any atom is 0.264 e. The minimum Gasteiger partial charge on any atom is -0.355 e. The predicted molar refractivity (Wildman–Crippen MR) is 146 cm³/mol. The highest BCUT2D eigenvalue weighted by molar-refractivity contribution is 8.03. The molecule has 2 aromatic rings. The van der Waals surface area contributed by atoms with Gasteiger partial charge in [-0.25, -0.2) is 0 Å². The van der Waals surface area contributed by atoms with Gasteiger partial charge in [-0.2, -0.15) is 8.42 Å². The van der Waals surface area contributed by atoms with Crippen molar-refractivity contribution in [2.24, 2.45) is 0 Å². The number of halogens is 2. The maximum absolute atomic E-state index is 11.2. The van der Waals surface area contributed by atoms with E-state index in [1.54, 1.807) is 11.8 Å². The Morgan fingerprint density at radius 1 is 1.09 bits per heavy atom. The summed E-state index contributed by atoms with van der Waals surface area (Å²) >= 11 is 16.0. The number of benzene rings is 2. The topological polar surface area (TPSA) is 60.9 Å². The summed E-state index contributed by atoms with van der Waals surface area (Å²) < 4.78 is 31.7. The normalized spacial score (nSPS) is 19.1. The minimum absolute atomic E-state index is 0.168. The van der Waals surface area contributed by atoms with Crippen LogP contribution in [0.3, 0.4) is 0 Å². The highest BCUT2D eigenvalue weighted by atomic mass is 35.5. The van der Waals surface area contributed by atoms with Crippen LogP contribution in [0.2, 0.25) is 10.0 Å². The fourth-order valence-electron chi connectivity index (χ4n) is 4.05. The maximum atomic E-state index is 11.2. The van der Waals surface area contributed by atoms with Gasteiger partial charge in [-0.15, -0.1) is 0 Å². The van der Waals surface area contributed by atoms with E-state index in [1.807, 2.05) is 42.1 Å². The summed E-state index contributed by atoms with van der Waals surface area (Å²) in [5.41, 5.74) is 3.31. The van der Waals surface area contributed by atoms with E-state index in [4.69, 9.17) is 27.8 Å². The van der Waals surface area contributed by atoms with Crippen molar-refractivity contribution in [3.8, 4) is 0 Å². The first kappa shape index (κ1) is 25.8. The number of nitrogens with zero attached hydrogens (tertiary/aromatic N) is 2. The third-order valence-electron chi connectivity index (χ3n) is 5.68. The number of rotatable bonds is 8. The first-order valence-electron chi connectivity index (χ1n) is 11.0. The molecular weight excluding hydrogens is 531 g/mol. The molecule has 1 N–H and O–H groups in total. The van der Waals surface area contributed by atoms with Gasteiger partial charge in [-0.3, -0.25) is 4.55 Å².